The number of rotatable bonds is 6. The lowest BCUT2D eigenvalue weighted by Gasteiger charge is -2.24. The summed E-state index contributed by atoms with van der Waals surface area (Å²) in [5.41, 5.74) is 5.11. The van der Waals surface area contributed by atoms with Gasteiger partial charge in [-0.3, -0.25) is 4.79 Å². The van der Waals surface area contributed by atoms with Crippen molar-refractivity contribution in [2.45, 2.75) is 19.4 Å². The largest absolute Gasteiger partial charge is 0.497 e. The van der Waals surface area contributed by atoms with Crippen LogP contribution < -0.4 is 20.5 Å². The molecule has 1 aromatic carbocycles. The van der Waals surface area contributed by atoms with Crippen LogP contribution in [0, 0.1) is 0 Å². The highest BCUT2D eigenvalue weighted by atomic mass is 16.5. The van der Waals surface area contributed by atoms with Crippen molar-refractivity contribution >= 4 is 5.91 Å². The Bertz CT molecular complexity index is 405. The minimum atomic E-state index is -0.422. The number of nitrogens with one attached hydrogen (secondary N) is 1. The third-order valence-corrected chi connectivity index (χ3v) is 2.40. The summed E-state index contributed by atoms with van der Waals surface area (Å²) in [6, 6.07) is 7.10. The van der Waals surface area contributed by atoms with Crippen LogP contribution >= 0.6 is 0 Å². The molecule has 0 saturated carbocycles. The van der Waals surface area contributed by atoms with Crippen LogP contribution in [0.1, 0.15) is 13.8 Å². The monoisotopic (exact) mass is 252 g/mol. The van der Waals surface area contributed by atoms with Crippen LogP contribution in [0.2, 0.25) is 0 Å². The van der Waals surface area contributed by atoms with E-state index in [4.69, 9.17) is 15.2 Å². The normalized spacial score (nSPS) is 10.9. The lowest BCUT2D eigenvalue weighted by Crippen LogP contribution is -2.50. The standard InChI is InChI=1S/C13H20N2O3/c1-13(2,9-14)15-12(16)8-18-11-6-4-5-10(7-11)17-3/h4-7H,8-9,14H2,1-3H3,(H,15,16). The fourth-order valence-electron chi connectivity index (χ4n) is 1.30. The third-order valence-electron chi connectivity index (χ3n) is 2.40. The molecule has 5 nitrogen and oxygen atoms in total. The van der Waals surface area contributed by atoms with Gasteiger partial charge in [-0.25, -0.2) is 0 Å². The molecule has 0 radical (unpaired) electrons. The van der Waals surface area contributed by atoms with Gasteiger partial charge in [-0.15, -0.1) is 0 Å². The van der Waals surface area contributed by atoms with Gasteiger partial charge in [-0.1, -0.05) is 6.07 Å². The number of nitrogens with two attached hydrogens (primary N) is 1. The number of hydrogen-bond acceptors (Lipinski definition) is 4. The number of benzene rings is 1. The van der Waals surface area contributed by atoms with E-state index in [9.17, 15) is 4.79 Å². The first kappa shape index (κ1) is 14.3. The second-order valence-electron chi connectivity index (χ2n) is 4.60. The molecule has 0 aliphatic carbocycles. The van der Waals surface area contributed by atoms with E-state index < -0.39 is 5.54 Å². The molecule has 100 valence electrons. The Hall–Kier alpha value is -1.75. The molecule has 0 aliphatic rings. The van der Waals surface area contributed by atoms with Crippen molar-refractivity contribution in [3.8, 4) is 11.5 Å². The molecular formula is C13H20N2O3. The van der Waals surface area contributed by atoms with Crippen LogP contribution in [0.25, 0.3) is 0 Å². The van der Waals surface area contributed by atoms with Gasteiger partial charge in [0.2, 0.25) is 0 Å². The van der Waals surface area contributed by atoms with Crippen molar-refractivity contribution in [1.82, 2.24) is 5.32 Å². The molecule has 18 heavy (non-hydrogen) atoms. The van der Waals surface area contributed by atoms with Gasteiger partial charge in [-0.05, 0) is 26.0 Å². The highest BCUT2D eigenvalue weighted by Gasteiger charge is 2.18. The summed E-state index contributed by atoms with van der Waals surface area (Å²) >= 11 is 0. The number of carbonyl (C=O) groups is 1. The molecular weight excluding hydrogens is 232 g/mol. The lowest BCUT2D eigenvalue weighted by atomic mass is 10.1. The van der Waals surface area contributed by atoms with E-state index in [2.05, 4.69) is 5.32 Å². The average Bonchev–Trinajstić information content (AvgIpc) is 2.36. The Labute approximate surface area is 107 Å². The van der Waals surface area contributed by atoms with E-state index in [0.29, 0.717) is 18.0 Å². The fraction of sp³-hybridized carbons (Fsp3) is 0.462. The summed E-state index contributed by atoms with van der Waals surface area (Å²) in [7, 11) is 1.58. The van der Waals surface area contributed by atoms with Crippen LogP contribution in [-0.4, -0.2) is 31.7 Å². The first-order chi connectivity index (χ1) is 8.46. The molecule has 1 amide bonds. The van der Waals surface area contributed by atoms with Gasteiger partial charge < -0.3 is 20.5 Å². The second-order valence-corrected chi connectivity index (χ2v) is 4.60. The lowest BCUT2D eigenvalue weighted by molar-refractivity contribution is -0.124. The summed E-state index contributed by atoms with van der Waals surface area (Å²) in [5, 5.41) is 2.78. The van der Waals surface area contributed by atoms with E-state index in [1.165, 1.54) is 0 Å². The van der Waals surface area contributed by atoms with Gasteiger partial charge in [-0.2, -0.15) is 0 Å². The number of carbonyl (C=O) groups excluding carboxylic acids is 1. The molecule has 1 rings (SSSR count). The molecule has 3 N–H and O–H groups in total. The third kappa shape index (κ3) is 4.63. The number of hydrogen-bond donors (Lipinski definition) is 2. The zero-order valence-electron chi connectivity index (χ0n) is 11.0. The van der Waals surface area contributed by atoms with Crippen LogP contribution in [0.15, 0.2) is 24.3 Å². The van der Waals surface area contributed by atoms with Gasteiger partial charge in [0, 0.05) is 18.2 Å². The minimum Gasteiger partial charge on any atom is -0.497 e. The molecule has 0 atom stereocenters. The Morgan fingerprint density at radius 1 is 1.39 bits per heavy atom. The van der Waals surface area contributed by atoms with Crippen molar-refractivity contribution in [3.63, 3.8) is 0 Å². The van der Waals surface area contributed by atoms with Gasteiger partial charge >= 0.3 is 0 Å². The maximum Gasteiger partial charge on any atom is 0.258 e. The molecule has 0 aromatic heterocycles. The van der Waals surface area contributed by atoms with Crippen molar-refractivity contribution in [1.29, 1.82) is 0 Å². The van der Waals surface area contributed by atoms with Crippen molar-refractivity contribution in [2.24, 2.45) is 5.73 Å². The molecule has 5 heteroatoms. The summed E-state index contributed by atoms with van der Waals surface area (Å²) in [6.07, 6.45) is 0. The predicted octanol–water partition coefficient (Wildman–Crippen LogP) is 0.927. The Morgan fingerprint density at radius 3 is 2.67 bits per heavy atom. The highest BCUT2D eigenvalue weighted by Crippen LogP contribution is 2.18. The summed E-state index contributed by atoms with van der Waals surface area (Å²) in [4.78, 5) is 11.6. The van der Waals surface area contributed by atoms with Gasteiger partial charge in [0.25, 0.3) is 5.91 Å². The smallest absolute Gasteiger partial charge is 0.258 e. The quantitative estimate of drug-likeness (QED) is 0.790. The van der Waals surface area contributed by atoms with E-state index in [1.807, 2.05) is 19.9 Å². The van der Waals surface area contributed by atoms with Crippen molar-refractivity contribution in [2.75, 3.05) is 20.3 Å². The SMILES string of the molecule is COc1cccc(OCC(=O)NC(C)(C)CN)c1. The Balaban J connectivity index is 2.47. The number of amides is 1. The molecule has 0 saturated heterocycles. The van der Waals surface area contributed by atoms with Gasteiger partial charge in [0.1, 0.15) is 11.5 Å². The summed E-state index contributed by atoms with van der Waals surface area (Å²) < 4.78 is 10.4. The molecule has 0 unspecified atom stereocenters. The van der Waals surface area contributed by atoms with E-state index in [1.54, 1.807) is 25.3 Å². The highest BCUT2D eigenvalue weighted by molar-refractivity contribution is 5.78. The van der Waals surface area contributed by atoms with Crippen LogP contribution in [0.5, 0.6) is 11.5 Å². The van der Waals surface area contributed by atoms with Gasteiger partial charge in [0.15, 0.2) is 6.61 Å². The molecule has 0 fully saturated rings. The molecule has 0 aliphatic heterocycles. The fourth-order valence-corrected chi connectivity index (χ4v) is 1.30. The topological polar surface area (TPSA) is 73.6 Å². The van der Waals surface area contributed by atoms with Crippen LogP contribution in [-0.2, 0) is 4.79 Å². The predicted molar refractivity (Wildman–Crippen MR) is 69.8 cm³/mol. The zero-order valence-corrected chi connectivity index (χ0v) is 11.0. The summed E-state index contributed by atoms with van der Waals surface area (Å²) in [5.74, 6) is 1.08. The average molecular weight is 252 g/mol. The zero-order chi connectivity index (χ0) is 13.6. The second kappa shape index (κ2) is 6.26. The van der Waals surface area contributed by atoms with Crippen LogP contribution in [0.3, 0.4) is 0 Å². The summed E-state index contributed by atoms with van der Waals surface area (Å²) in [6.45, 7) is 4.04. The van der Waals surface area contributed by atoms with Gasteiger partial charge in [0.05, 0.1) is 7.11 Å². The maximum absolute atomic E-state index is 11.6. The van der Waals surface area contributed by atoms with Crippen LogP contribution in [0.4, 0.5) is 0 Å². The number of ether oxygens (including phenoxy) is 2. The first-order valence-corrected chi connectivity index (χ1v) is 5.75. The minimum absolute atomic E-state index is 0.0450. The van der Waals surface area contributed by atoms with Crippen molar-refractivity contribution < 1.29 is 14.3 Å². The maximum atomic E-state index is 11.6. The molecule has 1 aromatic rings. The molecule has 0 bridgehead atoms. The Morgan fingerprint density at radius 2 is 2.06 bits per heavy atom. The Kier molecular flexibility index (Phi) is 4.97. The molecule has 0 heterocycles. The molecule has 0 spiro atoms. The first-order valence-electron chi connectivity index (χ1n) is 5.75. The van der Waals surface area contributed by atoms with E-state index >= 15 is 0 Å². The van der Waals surface area contributed by atoms with E-state index in [-0.39, 0.29) is 12.5 Å². The van der Waals surface area contributed by atoms with E-state index in [0.717, 1.165) is 0 Å². The number of methoxy groups -OCH3 is 1. The van der Waals surface area contributed by atoms with Crippen molar-refractivity contribution in [3.05, 3.63) is 24.3 Å².